The number of rotatable bonds is 16. The van der Waals surface area contributed by atoms with Crippen LogP contribution in [0.3, 0.4) is 0 Å². The zero-order chi connectivity index (χ0) is 22.5. The van der Waals surface area contributed by atoms with E-state index in [9.17, 15) is 13.2 Å². The van der Waals surface area contributed by atoms with Crippen molar-refractivity contribution in [2.45, 2.75) is 108 Å². The van der Waals surface area contributed by atoms with Crippen LogP contribution in [0, 0.1) is 0 Å². The topological polar surface area (TPSA) is 87.0 Å². The summed E-state index contributed by atoms with van der Waals surface area (Å²) in [4.78, 5) is 12.0. The number of hydrazone groups is 1. The zero-order valence-corrected chi connectivity index (χ0v) is 22.7. The van der Waals surface area contributed by atoms with Crippen LogP contribution >= 0.6 is 0 Å². The van der Waals surface area contributed by atoms with E-state index in [2.05, 4.69) is 12.0 Å². The van der Waals surface area contributed by atoms with Gasteiger partial charge in [-0.05, 0) is 37.1 Å². The minimum absolute atomic E-state index is 0. The Balaban J connectivity index is 0.00000512. The third kappa shape index (κ3) is 10.9. The van der Waals surface area contributed by atoms with E-state index in [1.54, 1.807) is 0 Å². The quantitative estimate of drug-likeness (QED) is 0.178. The van der Waals surface area contributed by atoms with Crippen LogP contribution in [0.5, 0.6) is 0 Å². The average Bonchev–Trinajstić information content (AvgIpc) is 3.11. The van der Waals surface area contributed by atoms with E-state index in [-0.39, 0.29) is 40.4 Å². The molecule has 1 radical (unpaired) electrons. The first kappa shape index (κ1) is 29.3. The Morgan fingerprint density at radius 3 is 1.78 bits per heavy atom. The molecule has 6 nitrogen and oxygen atoms in total. The van der Waals surface area contributed by atoms with Gasteiger partial charge >= 0.3 is 0 Å². The molecule has 1 aromatic carbocycles. The van der Waals surface area contributed by atoms with E-state index >= 15 is 0 Å². The second kappa shape index (κ2) is 16.0. The molecule has 0 bridgehead atoms. The van der Waals surface area contributed by atoms with Crippen LogP contribution in [0.1, 0.15) is 103 Å². The van der Waals surface area contributed by atoms with Crippen molar-refractivity contribution in [1.29, 1.82) is 0 Å². The molecule has 175 valence electrons. The fraction of sp³-hybridized carbons (Fsp3) is 0.667. The largest absolute Gasteiger partial charge is 0.294 e. The summed E-state index contributed by atoms with van der Waals surface area (Å²) in [5.41, 5.74) is 1.39. The maximum Gasteiger partial charge on any atom is 0.294 e. The Morgan fingerprint density at radius 1 is 0.844 bits per heavy atom. The third-order valence-corrected chi connectivity index (χ3v) is 6.65. The number of hydrogen-bond donors (Lipinski definition) is 1. The van der Waals surface area contributed by atoms with Gasteiger partial charge < -0.3 is 0 Å². The van der Waals surface area contributed by atoms with E-state index in [0.29, 0.717) is 12.1 Å². The molecule has 0 atom stereocenters. The van der Waals surface area contributed by atoms with Gasteiger partial charge in [-0.15, -0.1) is 0 Å². The fourth-order valence-corrected chi connectivity index (χ4v) is 4.41. The van der Waals surface area contributed by atoms with Gasteiger partial charge in [-0.1, -0.05) is 84.0 Å². The number of hydrogen-bond acceptors (Lipinski definition) is 4. The molecule has 0 saturated heterocycles. The van der Waals surface area contributed by atoms with Gasteiger partial charge in [-0.2, -0.15) is 13.5 Å². The van der Waals surface area contributed by atoms with Crippen molar-refractivity contribution in [3.63, 3.8) is 0 Å². The van der Waals surface area contributed by atoms with Crippen molar-refractivity contribution in [1.82, 2.24) is 0 Å². The summed E-state index contributed by atoms with van der Waals surface area (Å²) in [5.74, 6) is -0.107. The second-order valence-corrected chi connectivity index (χ2v) is 9.93. The third-order valence-electron chi connectivity index (χ3n) is 5.78. The summed E-state index contributed by atoms with van der Waals surface area (Å²) in [5, 5.41) is 5.74. The summed E-state index contributed by atoms with van der Waals surface area (Å²) in [7, 11) is -4.24. The maximum atomic E-state index is 12.2. The van der Waals surface area contributed by atoms with Crippen LogP contribution in [-0.4, -0.2) is 54.1 Å². The molecule has 2 rings (SSSR count). The van der Waals surface area contributed by atoms with Crippen LogP contribution in [0.4, 0.5) is 5.69 Å². The summed E-state index contributed by atoms with van der Waals surface area (Å²) in [6.07, 6.45) is 18.2. The first-order chi connectivity index (χ1) is 14.9. The number of benzene rings is 1. The zero-order valence-electron chi connectivity index (χ0n) is 19.9. The summed E-state index contributed by atoms with van der Waals surface area (Å²) in [6.45, 7) is 2.26. The van der Waals surface area contributed by atoms with E-state index in [4.69, 9.17) is 4.55 Å². The summed E-state index contributed by atoms with van der Waals surface area (Å²) >= 11 is 0. The number of nitrogens with zero attached hydrogens (tertiary/aromatic N) is 2. The maximum absolute atomic E-state index is 12.2. The SMILES string of the molecule is CCCCCCCCCCCCCCCC1=NN(c2ccc(S(=O)(=O)O)cc2)C(=O)C1.[Na]. The van der Waals surface area contributed by atoms with E-state index in [1.165, 1.54) is 99.9 Å². The molecule has 1 amide bonds. The molecular weight excluding hydrogens is 435 g/mol. The monoisotopic (exact) mass is 473 g/mol. The van der Waals surface area contributed by atoms with Gasteiger partial charge in [0.1, 0.15) is 0 Å². The molecule has 1 N–H and O–H groups in total. The molecule has 32 heavy (non-hydrogen) atoms. The van der Waals surface area contributed by atoms with E-state index < -0.39 is 10.1 Å². The summed E-state index contributed by atoms with van der Waals surface area (Å²) in [6, 6.07) is 5.52. The number of carbonyl (C=O) groups excluding carboxylic acids is 1. The molecule has 1 aliphatic heterocycles. The normalized spacial score (nSPS) is 13.9. The second-order valence-electron chi connectivity index (χ2n) is 8.51. The fourth-order valence-electron chi connectivity index (χ4n) is 3.93. The Labute approximate surface area is 216 Å². The molecule has 1 heterocycles. The molecular formula is C24H38N2NaO4S. The molecule has 0 aliphatic carbocycles. The van der Waals surface area contributed by atoms with Crippen LogP contribution in [-0.2, 0) is 14.9 Å². The Kier molecular flexibility index (Phi) is 14.6. The predicted molar refractivity (Wildman–Crippen MR) is 132 cm³/mol. The number of anilines is 1. The van der Waals surface area contributed by atoms with Crippen LogP contribution in [0.2, 0.25) is 0 Å². The van der Waals surface area contributed by atoms with Gasteiger partial charge in [0.05, 0.1) is 17.0 Å². The smallest absolute Gasteiger partial charge is 0.282 e. The molecule has 1 aromatic rings. The minimum atomic E-state index is -4.24. The van der Waals surface area contributed by atoms with Crippen molar-refractivity contribution < 1.29 is 17.8 Å². The van der Waals surface area contributed by atoms with Crippen molar-refractivity contribution >= 4 is 57.0 Å². The van der Waals surface area contributed by atoms with Gasteiger partial charge in [-0.3, -0.25) is 9.35 Å². The van der Waals surface area contributed by atoms with Gasteiger partial charge in [-0.25, -0.2) is 5.01 Å². The molecule has 0 unspecified atom stereocenters. The molecule has 0 aromatic heterocycles. The van der Waals surface area contributed by atoms with Crippen molar-refractivity contribution in [3.8, 4) is 0 Å². The van der Waals surface area contributed by atoms with Gasteiger partial charge in [0, 0.05) is 35.3 Å². The van der Waals surface area contributed by atoms with Crippen LogP contribution < -0.4 is 5.01 Å². The Hall–Kier alpha value is -0.730. The first-order valence-corrected chi connectivity index (χ1v) is 13.3. The first-order valence-electron chi connectivity index (χ1n) is 11.9. The molecule has 8 heteroatoms. The van der Waals surface area contributed by atoms with Crippen LogP contribution in [0.25, 0.3) is 0 Å². The molecule has 1 aliphatic rings. The Bertz CT molecular complexity index is 810. The molecule has 0 fully saturated rings. The average molecular weight is 474 g/mol. The number of amides is 1. The van der Waals surface area contributed by atoms with Gasteiger partial charge in [0.25, 0.3) is 16.0 Å². The summed E-state index contributed by atoms with van der Waals surface area (Å²) < 4.78 is 31.3. The standard InChI is InChI=1S/C24H38N2O4S.Na/c1-2-3-4-5-6-7-8-9-10-11-12-13-14-15-21-20-24(27)26(25-21)22-16-18-23(19-17-22)31(28,29)30;/h16-19H,2-15,20H2,1H3,(H,28,29,30);. The minimum Gasteiger partial charge on any atom is -0.282 e. The number of carbonyl (C=O) groups is 1. The van der Waals surface area contributed by atoms with Crippen LogP contribution in [0.15, 0.2) is 34.3 Å². The van der Waals surface area contributed by atoms with Gasteiger partial charge in [0.15, 0.2) is 0 Å². The molecule has 0 saturated carbocycles. The van der Waals surface area contributed by atoms with Crippen molar-refractivity contribution in [2.75, 3.05) is 5.01 Å². The van der Waals surface area contributed by atoms with Crippen molar-refractivity contribution in [2.24, 2.45) is 5.10 Å². The van der Waals surface area contributed by atoms with E-state index in [1.807, 2.05) is 0 Å². The Morgan fingerprint density at radius 2 is 1.31 bits per heavy atom. The van der Waals surface area contributed by atoms with Gasteiger partial charge in [0.2, 0.25) is 0 Å². The number of unbranched alkanes of at least 4 members (excludes halogenated alkanes) is 12. The van der Waals surface area contributed by atoms with Crippen molar-refractivity contribution in [3.05, 3.63) is 24.3 Å². The van der Waals surface area contributed by atoms with E-state index in [0.717, 1.165) is 25.0 Å². The molecule has 0 spiro atoms. The predicted octanol–water partition coefficient (Wildman–Crippen LogP) is 6.13.